The third-order valence-corrected chi connectivity index (χ3v) is 9.10. The summed E-state index contributed by atoms with van der Waals surface area (Å²) in [5.74, 6) is -0.408. The molecule has 290 valence electrons. The Balaban J connectivity index is 2.47. The van der Waals surface area contributed by atoms with Crippen LogP contribution in [0.3, 0.4) is 0 Å². The number of ether oxygens (including phenoxy) is 4. The number of aliphatic hydroxyl groups is 3. The van der Waals surface area contributed by atoms with E-state index in [0.717, 1.165) is 44.9 Å². The number of esters is 1. The zero-order chi connectivity index (χ0) is 36.2. The van der Waals surface area contributed by atoms with Crippen LogP contribution in [0.15, 0.2) is 12.2 Å². The standard InChI is InChI=1S/C36H68O12S/c1-3-5-7-9-11-12-13-14-15-16-17-18-20-22-24-26-44-28-30(46-32(38)25-23-21-19-10-8-6-4-2)29-45-36-34(40)35(48-49(41,42)43)33(39)31(27-37)47-36/h13-14,30-31,33-37,39-40H,3-12,15-29H2,1-2H3,(H,41,42,43)/b14-13-. The average Bonchev–Trinajstić information content (AvgIpc) is 3.06. The Bertz CT molecular complexity index is 931. The van der Waals surface area contributed by atoms with Gasteiger partial charge in [0.05, 0.1) is 19.8 Å². The van der Waals surface area contributed by atoms with Gasteiger partial charge < -0.3 is 34.3 Å². The molecule has 1 fully saturated rings. The van der Waals surface area contributed by atoms with E-state index in [0.29, 0.717) is 13.0 Å². The van der Waals surface area contributed by atoms with E-state index in [1.165, 1.54) is 77.0 Å². The topological polar surface area (TPSA) is 178 Å². The van der Waals surface area contributed by atoms with Crippen molar-refractivity contribution in [2.75, 3.05) is 26.4 Å². The van der Waals surface area contributed by atoms with Gasteiger partial charge in [-0.25, -0.2) is 4.18 Å². The van der Waals surface area contributed by atoms with Crippen LogP contribution < -0.4 is 0 Å². The first kappa shape index (κ1) is 45.9. The molecule has 0 aromatic rings. The Morgan fingerprint density at radius 1 is 0.755 bits per heavy atom. The number of hydrogen-bond donors (Lipinski definition) is 4. The lowest BCUT2D eigenvalue weighted by Gasteiger charge is -2.41. The number of unbranched alkanes of at least 4 members (excludes halogenated alkanes) is 17. The van der Waals surface area contributed by atoms with Gasteiger partial charge in [0.1, 0.15) is 30.5 Å². The largest absolute Gasteiger partial charge is 0.457 e. The monoisotopic (exact) mass is 724 g/mol. The van der Waals surface area contributed by atoms with Gasteiger partial charge in [0.2, 0.25) is 0 Å². The summed E-state index contributed by atoms with van der Waals surface area (Å²) >= 11 is 0. The molecule has 49 heavy (non-hydrogen) atoms. The van der Waals surface area contributed by atoms with Gasteiger partial charge in [-0.05, 0) is 38.5 Å². The summed E-state index contributed by atoms with van der Waals surface area (Å²) in [6, 6.07) is 0. The van der Waals surface area contributed by atoms with Crippen LogP contribution in [0.2, 0.25) is 0 Å². The molecular formula is C36H68O12S. The molecule has 0 aromatic heterocycles. The van der Waals surface area contributed by atoms with Crippen molar-refractivity contribution in [2.24, 2.45) is 0 Å². The molecule has 1 heterocycles. The van der Waals surface area contributed by atoms with E-state index in [9.17, 15) is 28.5 Å². The normalized spacial score (nSPS) is 22.1. The number of allylic oxidation sites excluding steroid dienone is 2. The van der Waals surface area contributed by atoms with Crippen molar-refractivity contribution in [3.63, 3.8) is 0 Å². The first-order valence-corrected chi connectivity index (χ1v) is 20.3. The molecule has 0 aromatic carbocycles. The summed E-state index contributed by atoms with van der Waals surface area (Å²) in [6.45, 7) is 3.90. The second-order valence-electron chi connectivity index (χ2n) is 13.2. The third kappa shape index (κ3) is 23.8. The minimum atomic E-state index is -5.05. The molecule has 1 rings (SSSR count). The molecule has 1 aliphatic heterocycles. The summed E-state index contributed by atoms with van der Waals surface area (Å²) in [5, 5.41) is 30.4. The molecule has 12 nitrogen and oxygen atoms in total. The fourth-order valence-electron chi connectivity index (χ4n) is 5.72. The van der Waals surface area contributed by atoms with Crippen LogP contribution >= 0.6 is 0 Å². The number of carbonyl (C=O) groups is 1. The fourth-order valence-corrected chi connectivity index (χ4v) is 6.23. The van der Waals surface area contributed by atoms with Crippen molar-refractivity contribution in [1.29, 1.82) is 0 Å². The Morgan fingerprint density at radius 3 is 1.84 bits per heavy atom. The lowest BCUT2D eigenvalue weighted by atomic mass is 9.99. The van der Waals surface area contributed by atoms with Gasteiger partial charge in [-0.15, -0.1) is 0 Å². The van der Waals surface area contributed by atoms with E-state index in [4.69, 9.17) is 23.5 Å². The van der Waals surface area contributed by atoms with Gasteiger partial charge >= 0.3 is 16.4 Å². The highest BCUT2D eigenvalue weighted by Crippen LogP contribution is 2.26. The van der Waals surface area contributed by atoms with E-state index in [1.807, 2.05) is 0 Å². The van der Waals surface area contributed by atoms with Crippen molar-refractivity contribution in [2.45, 2.75) is 185 Å². The molecule has 6 unspecified atom stereocenters. The van der Waals surface area contributed by atoms with Gasteiger partial charge in [0, 0.05) is 13.0 Å². The molecule has 0 radical (unpaired) electrons. The lowest BCUT2D eigenvalue weighted by Crippen LogP contribution is -2.60. The van der Waals surface area contributed by atoms with Gasteiger partial charge in [-0.3, -0.25) is 9.35 Å². The molecular weight excluding hydrogens is 656 g/mol. The number of rotatable bonds is 32. The molecule has 13 heteroatoms. The van der Waals surface area contributed by atoms with Crippen LogP contribution in [0.5, 0.6) is 0 Å². The minimum absolute atomic E-state index is 0.0352. The van der Waals surface area contributed by atoms with Crippen LogP contribution in [-0.4, -0.2) is 97.5 Å². The summed E-state index contributed by atoms with van der Waals surface area (Å²) in [6.07, 6.45) is 18.5. The van der Waals surface area contributed by atoms with E-state index >= 15 is 0 Å². The van der Waals surface area contributed by atoms with Crippen molar-refractivity contribution in [1.82, 2.24) is 0 Å². The smallest absolute Gasteiger partial charge is 0.397 e. The van der Waals surface area contributed by atoms with Crippen LogP contribution in [0.25, 0.3) is 0 Å². The predicted molar refractivity (Wildman–Crippen MR) is 188 cm³/mol. The van der Waals surface area contributed by atoms with Crippen molar-refractivity contribution in [3.05, 3.63) is 12.2 Å². The zero-order valence-corrected chi connectivity index (χ0v) is 31.1. The molecule has 6 atom stereocenters. The Kier molecular flexibility index (Phi) is 27.5. The Hall–Kier alpha value is -1.16. The summed E-state index contributed by atoms with van der Waals surface area (Å²) < 4.78 is 58.6. The van der Waals surface area contributed by atoms with Crippen LogP contribution in [0, 0.1) is 0 Å². The molecule has 0 bridgehead atoms. The molecule has 0 amide bonds. The highest BCUT2D eigenvalue weighted by atomic mass is 32.3. The quantitative estimate of drug-likeness (QED) is 0.0262. The Labute approximate surface area is 296 Å². The molecule has 0 spiro atoms. The van der Waals surface area contributed by atoms with E-state index in [-0.39, 0.29) is 19.6 Å². The maximum absolute atomic E-state index is 12.6. The SMILES string of the molecule is CCCCCCC/C=C\CCCCCCCCOCC(COC1OC(CO)C(O)C(OS(=O)(=O)O)C1O)OC(=O)CCCCCCCCC. The minimum Gasteiger partial charge on any atom is -0.457 e. The predicted octanol–water partition coefficient (Wildman–Crippen LogP) is 6.35. The maximum atomic E-state index is 12.6. The summed E-state index contributed by atoms with van der Waals surface area (Å²) in [5.41, 5.74) is 0. The van der Waals surface area contributed by atoms with Crippen molar-refractivity contribution >= 4 is 16.4 Å². The summed E-state index contributed by atoms with van der Waals surface area (Å²) in [7, 11) is -5.05. The molecule has 0 saturated carbocycles. The van der Waals surface area contributed by atoms with Crippen LogP contribution in [0.4, 0.5) is 0 Å². The van der Waals surface area contributed by atoms with E-state index in [1.54, 1.807) is 0 Å². The van der Waals surface area contributed by atoms with Crippen molar-refractivity contribution < 1.29 is 56.2 Å². The third-order valence-electron chi connectivity index (χ3n) is 8.64. The molecule has 1 aliphatic rings. The van der Waals surface area contributed by atoms with Gasteiger partial charge in [-0.2, -0.15) is 8.42 Å². The second-order valence-corrected chi connectivity index (χ2v) is 14.2. The highest BCUT2D eigenvalue weighted by molar-refractivity contribution is 7.80. The zero-order valence-electron chi connectivity index (χ0n) is 30.3. The fraction of sp³-hybridized carbons (Fsp3) is 0.917. The van der Waals surface area contributed by atoms with Gasteiger partial charge in [0.25, 0.3) is 0 Å². The van der Waals surface area contributed by atoms with Gasteiger partial charge in [0.15, 0.2) is 6.29 Å². The molecule has 1 saturated heterocycles. The number of carbonyl (C=O) groups excluding carboxylic acids is 1. The highest BCUT2D eigenvalue weighted by Gasteiger charge is 2.48. The molecule has 0 aliphatic carbocycles. The first-order chi connectivity index (χ1) is 23.6. The first-order valence-electron chi connectivity index (χ1n) is 18.9. The molecule has 4 N–H and O–H groups in total. The average molecular weight is 725 g/mol. The van der Waals surface area contributed by atoms with Gasteiger partial charge in [-0.1, -0.05) is 116 Å². The lowest BCUT2D eigenvalue weighted by molar-refractivity contribution is -0.301. The van der Waals surface area contributed by atoms with Crippen LogP contribution in [-0.2, 0) is 38.3 Å². The van der Waals surface area contributed by atoms with Crippen LogP contribution in [0.1, 0.15) is 149 Å². The number of aliphatic hydroxyl groups excluding tert-OH is 3. The summed E-state index contributed by atoms with van der Waals surface area (Å²) in [4.78, 5) is 12.6. The van der Waals surface area contributed by atoms with E-state index in [2.05, 4.69) is 30.2 Å². The second kappa shape index (κ2) is 29.4. The van der Waals surface area contributed by atoms with E-state index < -0.39 is 59.8 Å². The number of hydrogen-bond acceptors (Lipinski definition) is 11. The Morgan fingerprint density at radius 2 is 1.29 bits per heavy atom. The maximum Gasteiger partial charge on any atom is 0.397 e. The van der Waals surface area contributed by atoms with Crippen molar-refractivity contribution in [3.8, 4) is 0 Å².